The molecule has 20 heavy (non-hydrogen) atoms. The molecule has 0 bridgehead atoms. The smallest absolute Gasteiger partial charge is 0.227 e. The molecular weight excluding hydrogens is 272 g/mol. The van der Waals surface area contributed by atoms with Crippen LogP contribution >= 0.6 is 11.6 Å². The number of nitrogen functional groups attached to an aromatic ring is 1. The Labute approximate surface area is 123 Å². The SMILES string of the molecule is Nc1nc(N2CCCCC2)ncc1-c1ccc(Cl)cc1. The topological polar surface area (TPSA) is 55.0 Å². The van der Waals surface area contributed by atoms with Crippen LogP contribution in [0.15, 0.2) is 30.5 Å². The second kappa shape index (κ2) is 5.67. The minimum absolute atomic E-state index is 0.517. The number of aromatic nitrogens is 2. The molecule has 0 radical (unpaired) electrons. The summed E-state index contributed by atoms with van der Waals surface area (Å²) in [6.07, 6.45) is 5.48. The van der Waals surface area contributed by atoms with Gasteiger partial charge in [0, 0.05) is 29.9 Å². The number of anilines is 2. The number of nitrogens with zero attached hydrogens (tertiary/aromatic N) is 3. The van der Waals surface area contributed by atoms with Crippen LogP contribution in [0.1, 0.15) is 19.3 Å². The van der Waals surface area contributed by atoms with Crippen molar-refractivity contribution in [2.45, 2.75) is 19.3 Å². The molecule has 0 aliphatic carbocycles. The van der Waals surface area contributed by atoms with Crippen LogP contribution in [0.4, 0.5) is 11.8 Å². The molecule has 0 atom stereocenters. The number of rotatable bonds is 2. The molecule has 2 heterocycles. The van der Waals surface area contributed by atoms with Gasteiger partial charge in [0.1, 0.15) is 5.82 Å². The summed E-state index contributed by atoms with van der Waals surface area (Å²) in [5.41, 5.74) is 7.92. The molecule has 0 unspecified atom stereocenters. The lowest BCUT2D eigenvalue weighted by atomic mass is 10.1. The number of hydrogen-bond acceptors (Lipinski definition) is 4. The van der Waals surface area contributed by atoms with E-state index in [2.05, 4.69) is 14.9 Å². The van der Waals surface area contributed by atoms with Gasteiger partial charge in [0.2, 0.25) is 5.95 Å². The van der Waals surface area contributed by atoms with Crippen molar-refractivity contribution in [1.82, 2.24) is 9.97 Å². The molecule has 4 nitrogen and oxygen atoms in total. The Morgan fingerprint density at radius 1 is 1.05 bits per heavy atom. The van der Waals surface area contributed by atoms with Gasteiger partial charge in [0.25, 0.3) is 0 Å². The van der Waals surface area contributed by atoms with Gasteiger partial charge < -0.3 is 10.6 Å². The van der Waals surface area contributed by atoms with Gasteiger partial charge in [0.15, 0.2) is 0 Å². The molecule has 0 spiro atoms. The predicted molar refractivity (Wildman–Crippen MR) is 83.0 cm³/mol. The van der Waals surface area contributed by atoms with Crippen molar-refractivity contribution < 1.29 is 0 Å². The first-order chi connectivity index (χ1) is 9.74. The highest BCUT2D eigenvalue weighted by Gasteiger charge is 2.15. The first-order valence-electron chi connectivity index (χ1n) is 6.87. The number of piperidine rings is 1. The van der Waals surface area contributed by atoms with Crippen molar-refractivity contribution in [3.8, 4) is 11.1 Å². The zero-order valence-corrected chi connectivity index (χ0v) is 12.0. The second-order valence-electron chi connectivity index (χ2n) is 5.02. The molecule has 1 aliphatic rings. The third-order valence-electron chi connectivity index (χ3n) is 3.60. The fraction of sp³-hybridized carbons (Fsp3) is 0.333. The van der Waals surface area contributed by atoms with Crippen LogP contribution in [0, 0.1) is 0 Å². The van der Waals surface area contributed by atoms with E-state index >= 15 is 0 Å². The average molecular weight is 289 g/mol. The lowest BCUT2D eigenvalue weighted by Gasteiger charge is -2.26. The summed E-state index contributed by atoms with van der Waals surface area (Å²) < 4.78 is 0. The minimum atomic E-state index is 0.517. The van der Waals surface area contributed by atoms with Crippen LogP contribution in [0.5, 0.6) is 0 Å². The Hall–Kier alpha value is -1.81. The number of halogens is 1. The third-order valence-corrected chi connectivity index (χ3v) is 3.85. The fourth-order valence-electron chi connectivity index (χ4n) is 2.48. The molecular formula is C15H17ClN4. The largest absolute Gasteiger partial charge is 0.383 e. The van der Waals surface area contributed by atoms with Gasteiger partial charge >= 0.3 is 0 Å². The zero-order valence-electron chi connectivity index (χ0n) is 11.2. The first kappa shape index (κ1) is 13.2. The number of benzene rings is 1. The Balaban J connectivity index is 1.88. The minimum Gasteiger partial charge on any atom is -0.383 e. The molecule has 5 heteroatoms. The predicted octanol–water partition coefficient (Wildman–Crippen LogP) is 3.37. The maximum atomic E-state index is 6.09. The van der Waals surface area contributed by atoms with Crippen LogP contribution in [0.3, 0.4) is 0 Å². The summed E-state index contributed by atoms with van der Waals surface area (Å²) in [5.74, 6) is 1.25. The average Bonchev–Trinajstić information content (AvgIpc) is 2.49. The quantitative estimate of drug-likeness (QED) is 0.920. The molecule has 2 aromatic rings. The maximum absolute atomic E-state index is 6.09. The van der Waals surface area contributed by atoms with Gasteiger partial charge in [-0.15, -0.1) is 0 Å². The molecule has 1 aromatic heterocycles. The highest BCUT2D eigenvalue weighted by Crippen LogP contribution is 2.27. The molecule has 1 aromatic carbocycles. The lowest BCUT2D eigenvalue weighted by molar-refractivity contribution is 0.568. The molecule has 3 rings (SSSR count). The monoisotopic (exact) mass is 288 g/mol. The summed E-state index contributed by atoms with van der Waals surface area (Å²) in [5, 5.41) is 0.707. The molecule has 0 saturated carbocycles. The highest BCUT2D eigenvalue weighted by molar-refractivity contribution is 6.30. The van der Waals surface area contributed by atoms with E-state index in [4.69, 9.17) is 17.3 Å². The van der Waals surface area contributed by atoms with E-state index in [1.54, 1.807) is 6.20 Å². The number of hydrogen-bond donors (Lipinski definition) is 1. The van der Waals surface area contributed by atoms with Crippen LogP contribution in [0.2, 0.25) is 5.02 Å². The normalized spacial score (nSPS) is 15.3. The zero-order chi connectivity index (χ0) is 13.9. The van der Waals surface area contributed by atoms with E-state index in [1.807, 2.05) is 24.3 Å². The van der Waals surface area contributed by atoms with E-state index in [1.165, 1.54) is 19.3 Å². The van der Waals surface area contributed by atoms with Gasteiger partial charge in [-0.3, -0.25) is 0 Å². The summed E-state index contributed by atoms with van der Waals surface area (Å²) >= 11 is 5.90. The van der Waals surface area contributed by atoms with Crippen molar-refractivity contribution in [1.29, 1.82) is 0 Å². The highest BCUT2D eigenvalue weighted by atomic mass is 35.5. The fourth-order valence-corrected chi connectivity index (χ4v) is 2.61. The summed E-state index contributed by atoms with van der Waals surface area (Å²) in [4.78, 5) is 11.1. The van der Waals surface area contributed by atoms with Crippen LogP contribution in [0.25, 0.3) is 11.1 Å². The second-order valence-corrected chi connectivity index (χ2v) is 5.46. The van der Waals surface area contributed by atoms with Gasteiger partial charge in [-0.2, -0.15) is 4.98 Å². The summed E-state index contributed by atoms with van der Waals surface area (Å²) in [6, 6.07) is 7.54. The third kappa shape index (κ3) is 2.70. The van der Waals surface area contributed by atoms with E-state index < -0.39 is 0 Å². The Morgan fingerprint density at radius 3 is 2.40 bits per heavy atom. The Bertz CT molecular complexity index is 591. The summed E-state index contributed by atoms with van der Waals surface area (Å²) in [7, 11) is 0. The van der Waals surface area contributed by atoms with E-state index in [-0.39, 0.29) is 0 Å². The summed E-state index contributed by atoms with van der Waals surface area (Å²) in [6.45, 7) is 2.03. The van der Waals surface area contributed by atoms with Gasteiger partial charge in [-0.25, -0.2) is 4.98 Å². The van der Waals surface area contributed by atoms with E-state index in [0.29, 0.717) is 10.8 Å². The van der Waals surface area contributed by atoms with Crippen molar-refractivity contribution in [2.24, 2.45) is 0 Å². The van der Waals surface area contributed by atoms with Crippen LogP contribution in [-0.4, -0.2) is 23.1 Å². The van der Waals surface area contributed by atoms with Crippen LogP contribution < -0.4 is 10.6 Å². The van der Waals surface area contributed by atoms with Crippen molar-refractivity contribution in [2.75, 3.05) is 23.7 Å². The molecule has 2 N–H and O–H groups in total. The maximum Gasteiger partial charge on any atom is 0.227 e. The first-order valence-corrected chi connectivity index (χ1v) is 7.25. The molecule has 1 saturated heterocycles. The molecule has 104 valence electrons. The van der Waals surface area contributed by atoms with Gasteiger partial charge in [0.05, 0.1) is 0 Å². The molecule has 1 aliphatic heterocycles. The Kier molecular flexibility index (Phi) is 3.74. The number of nitrogens with two attached hydrogens (primary N) is 1. The Morgan fingerprint density at radius 2 is 1.75 bits per heavy atom. The lowest BCUT2D eigenvalue weighted by Crippen LogP contribution is -2.31. The van der Waals surface area contributed by atoms with Crippen molar-refractivity contribution in [3.63, 3.8) is 0 Å². The van der Waals surface area contributed by atoms with Crippen molar-refractivity contribution in [3.05, 3.63) is 35.5 Å². The van der Waals surface area contributed by atoms with Gasteiger partial charge in [-0.1, -0.05) is 23.7 Å². The standard InChI is InChI=1S/C15H17ClN4/c16-12-6-4-11(5-7-12)13-10-18-15(19-14(13)17)20-8-2-1-3-9-20/h4-7,10H,1-3,8-9H2,(H2,17,18,19). The van der Waals surface area contributed by atoms with Crippen molar-refractivity contribution >= 4 is 23.4 Å². The van der Waals surface area contributed by atoms with E-state index in [9.17, 15) is 0 Å². The molecule has 1 fully saturated rings. The van der Waals surface area contributed by atoms with E-state index in [0.717, 1.165) is 30.2 Å². The molecule has 0 amide bonds. The van der Waals surface area contributed by atoms with Crippen LogP contribution in [-0.2, 0) is 0 Å². The van der Waals surface area contributed by atoms with Gasteiger partial charge in [-0.05, 0) is 37.0 Å².